The Kier molecular flexibility index (Phi) is 3.13. The summed E-state index contributed by atoms with van der Waals surface area (Å²) in [6.07, 6.45) is 0.858. The Morgan fingerprint density at radius 1 is 1.54 bits per heavy atom. The number of aliphatic hydroxyl groups excluding tert-OH is 1. The summed E-state index contributed by atoms with van der Waals surface area (Å²) >= 11 is 0. The zero-order chi connectivity index (χ0) is 9.84. The van der Waals surface area contributed by atoms with Gasteiger partial charge < -0.3 is 5.11 Å². The predicted molar refractivity (Wildman–Crippen MR) is 55.8 cm³/mol. The minimum Gasteiger partial charge on any atom is -0.513 e. The number of aryl methyl sites for hydroxylation is 1. The zero-order valence-electron chi connectivity index (χ0n) is 8.25. The molecule has 0 amide bonds. The Morgan fingerprint density at radius 3 is 2.77 bits per heavy atom. The summed E-state index contributed by atoms with van der Waals surface area (Å²) in [5.74, 6) is 0.406. The second-order valence-electron chi connectivity index (χ2n) is 3.59. The Bertz CT molecular complexity index is 302. The average molecular weight is 176 g/mol. The van der Waals surface area contributed by atoms with Crippen molar-refractivity contribution in [1.82, 2.24) is 0 Å². The SMILES string of the molecule is C=C(O)C(C)Cc1cccc(C)c1. The fourth-order valence-corrected chi connectivity index (χ4v) is 1.31. The van der Waals surface area contributed by atoms with Crippen LogP contribution in [0.1, 0.15) is 18.1 Å². The van der Waals surface area contributed by atoms with Crippen molar-refractivity contribution in [3.63, 3.8) is 0 Å². The highest BCUT2D eigenvalue weighted by molar-refractivity contribution is 5.23. The second-order valence-corrected chi connectivity index (χ2v) is 3.59. The molecule has 0 fully saturated rings. The van der Waals surface area contributed by atoms with Gasteiger partial charge in [0.05, 0.1) is 5.76 Å². The van der Waals surface area contributed by atoms with Gasteiger partial charge in [-0.3, -0.25) is 0 Å². The van der Waals surface area contributed by atoms with E-state index in [-0.39, 0.29) is 11.7 Å². The molecule has 1 nitrogen and oxygen atoms in total. The van der Waals surface area contributed by atoms with E-state index in [1.807, 2.05) is 13.0 Å². The number of hydrogen-bond donors (Lipinski definition) is 1. The highest BCUT2D eigenvalue weighted by atomic mass is 16.3. The Balaban J connectivity index is 2.69. The monoisotopic (exact) mass is 176 g/mol. The fourth-order valence-electron chi connectivity index (χ4n) is 1.31. The lowest BCUT2D eigenvalue weighted by molar-refractivity contribution is 0.342. The van der Waals surface area contributed by atoms with Gasteiger partial charge in [0.25, 0.3) is 0 Å². The van der Waals surface area contributed by atoms with Crippen molar-refractivity contribution in [3.8, 4) is 0 Å². The molecule has 1 N–H and O–H groups in total. The first kappa shape index (κ1) is 9.85. The topological polar surface area (TPSA) is 20.2 Å². The van der Waals surface area contributed by atoms with E-state index in [1.165, 1.54) is 11.1 Å². The standard InChI is InChI=1S/C12H16O/c1-9-5-4-6-12(7-9)8-10(2)11(3)13/h4-7,10,13H,3,8H2,1-2H3. The van der Waals surface area contributed by atoms with Gasteiger partial charge in [0.2, 0.25) is 0 Å². The summed E-state index contributed by atoms with van der Waals surface area (Å²) in [6, 6.07) is 8.32. The molecule has 0 spiro atoms. The van der Waals surface area contributed by atoms with Crippen molar-refractivity contribution in [2.24, 2.45) is 5.92 Å². The minimum absolute atomic E-state index is 0.141. The van der Waals surface area contributed by atoms with E-state index in [0.717, 1.165) is 6.42 Å². The molecule has 13 heavy (non-hydrogen) atoms. The molecular weight excluding hydrogens is 160 g/mol. The van der Waals surface area contributed by atoms with Crippen LogP contribution < -0.4 is 0 Å². The molecule has 1 unspecified atom stereocenters. The number of aliphatic hydroxyl groups is 1. The van der Waals surface area contributed by atoms with E-state index in [9.17, 15) is 0 Å². The second kappa shape index (κ2) is 4.13. The fraction of sp³-hybridized carbons (Fsp3) is 0.333. The third-order valence-corrected chi connectivity index (χ3v) is 2.19. The predicted octanol–water partition coefficient (Wildman–Crippen LogP) is 3.25. The van der Waals surface area contributed by atoms with E-state index in [4.69, 9.17) is 5.11 Å². The molecule has 0 saturated heterocycles. The van der Waals surface area contributed by atoms with Crippen molar-refractivity contribution in [2.75, 3.05) is 0 Å². The maximum Gasteiger partial charge on any atom is 0.0882 e. The molecule has 1 heteroatoms. The summed E-state index contributed by atoms with van der Waals surface area (Å²) in [7, 11) is 0. The van der Waals surface area contributed by atoms with Crippen LogP contribution in [0.5, 0.6) is 0 Å². The molecule has 0 aliphatic carbocycles. The maximum atomic E-state index is 9.16. The molecule has 0 heterocycles. The molecular formula is C12H16O. The largest absolute Gasteiger partial charge is 0.513 e. The molecule has 0 aromatic heterocycles. The van der Waals surface area contributed by atoms with Gasteiger partial charge in [0.15, 0.2) is 0 Å². The number of hydrogen-bond acceptors (Lipinski definition) is 1. The van der Waals surface area contributed by atoms with Crippen molar-refractivity contribution in [3.05, 3.63) is 47.7 Å². The average Bonchev–Trinajstić information content (AvgIpc) is 2.04. The molecule has 70 valence electrons. The van der Waals surface area contributed by atoms with E-state index < -0.39 is 0 Å². The van der Waals surface area contributed by atoms with Gasteiger partial charge >= 0.3 is 0 Å². The molecule has 0 radical (unpaired) electrons. The summed E-state index contributed by atoms with van der Waals surface area (Å²) in [4.78, 5) is 0. The maximum absolute atomic E-state index is 9.16. The number of allylic oxidation sites excluding steroid dienone is 1. The molecule has 1 aromatic rings. The van der Waals surface area contributed by atoms with Crippen LogP contribution in [-0.2, 0) is 6.42 Å². The van der Waals surface area contributed by atoms with Crippen LogP contribution in [0.15, 0.2) is 36.6 Å². The zero-order valence-corrected chi connectivity index (χ0v) is 8.25. The van der Waals surface area contributed by atoms with Crippen molar-refractivity contribution >= 4 is 0 Å². The quantitative estimate of drug-likeness (QED) is 0.701. The van der Waals surface area contributed by atoms with Gasteiger partial charge in [-0.15, -0.1) is 0 Å². The third kappa shape index (κ3) is 2.94. The van der Waals surface area contributed by atoms with Crippen LogP contribution in [0, 0.1) is 12.8 Å². The Labute approximate surface area is 79.7 Å². The van der Waals surface area contributed by atoms with E-state index in [0.29, 0.717) is 0 Å². The van der Waals surface area contributed by atoms with Crippen molar-refractivity contribution in [1.29, 1.82) is 0 Å². The minimum atomic E-state index is 0.141. The summed E-state index contributed by atoms with van der Waals surface area (Å²) in [5.41, 5.74) is 2.51. The Morgan fingerprint density at radius 2 is 2.23 bits per heavy atom. The van der Waals surface area contributed by atoms with E-state index >= 15 is 0 Å². The van der Waals surface area contributed by atoms with E-state index in [2.05, 4.69) is 31.7 Å². The van der Waals surface area contributed by atoms with Crippen LogP contribution in [0.4, 0.5) is 0 Å². The highest BCUT2D eigenvalue weighted by Gasteiger charge is 2.05. The van der Waals surface area contributed by atoms with Crippen LogP contribution in [0.25, 0.3) is 0 Å². The van der Waals surface area contributed by atoms with Crippen LogP contribution in [0.2, 0.25) is 0 Å². The van der Waals surface area contributed by atoms with Gasteiger partial charge in [0, 0.05) is 5.92 Å². The summed E-state index contributed by atoms with van der Waals surface area (Å²) in [5, 5.41) is 9.16. The van der Waals surface area contributed by atoms with Crippen molar-refractivity contribution in [2.45, 2.75) is 20.3 Å². The lowest BCUT2D eigenvalue weighted by Gasteiger charge is -2.09. The Hall–Kier alpha value is -1.24. The summed E-state index contributed by atoms with van der Waals surface area (Å²) in [6.45, 7) is 7.58. The van der Waals surface area contributed by atoms with Crippen LogP contribution in [-0.4, -0.2) is 5.11 Å². The smallest absolute Gasteiger partial charge is 0.0882 e. The lowest BCUT2D eigenvalue weighted by Crippen LogP contribution is -2.02. The molecule has 0 aliphatic heterocycles. The first-order valence-electron chi connectivity index (χ1n) is 4.53. The third-order valence-electron chi connectivity index (χ3n) is 2.19. The number of benzene rings is 1. The van der Waals surface area contributed by atoms with Crippen LogP contribution >= 0.6 is 0 Å². The molecule has 1 atom stereocenters. The van der Waals surface area contributed by atoms with Gasteiger partial charge in [-0.05, 0) is 18.9 Å². The number of rotatable bonds is 3. The first-order chi connectivity index (χ1) is 6.09. The van der Waals surface area contributed by atoms with Gasteiger partial charge in [0.1, 0.15) is 0 Å². The first-order valence-corrected chi connectivity index (χ1v) is 4.53. The molecule has 1 aromatic carbocycles. The van der Waals surface area contributed by atoms with Gasteiger partial charge in [-0.1, -0.05) is 43.3 Å². The van der Waals surface area contributed by atoms with Crippen molar-refractivity contribution < 1.29 is 5.11 Å². The molecule has 0 saturated carbocycles. The van der Waals surface area contributed by atoms with Gasteiger partial charge in [-0.25, -0.2) is 0 Å². The molecule has 0 bridgehead atoms. The van der Waals surface area contributed by atoms with Gasteiger partial charge in [-0.2, -0.15) is 0 Å². The summed E-state index contributed by atoms with van der Waals surface area (Å²) < 4.78 is 0. The molecule has 1 rings (SSSR count). The molecule has 0 aliphatic rings. The van der Waals surface area contributed by atoms with Crippen LogP contribution in [0.3, 0.4) is 0 Å². The normalized spacial score (nSPS) is 12.5. The van der Waals surface area contributed by atoms with E-state index in [1.54, 1.807) is 0 Å². The highest BCUT2D eigenvalue weighted by Crippen LogP contribution is 2.14. The lowest BCUT2D eigenvalue weighted by atomic mass is 9.99.